The van der Waals surface area contributed by atoms with Crippen molar-refractivity contribution in [2.45, 2.75) is 6.92 Å². The average Bonchev–Trinajstić information content (AvgIpc) is 2.51. The number of fused-ring (bicyclic) bond motifs is 1. The van der Waals surface area contributed by atoms with Crippen LogP contribution in [-0.4, -0.2) is 11.1 Å². The lowest BCUT2D eigenvalue weighted by molar-refractivity contribution is 0.0698. The van der Waals surface area contributed by atoms with Crippen LogP contribution in [0.1, 0.15) is 15.9 Å². The number of aromatic carboxylic acids is 1. The molecule has 0 radical (unpaired) electrons. The summed E-state index contributed by atoms with van der Waals surface area (Å²) in [5, 5.41) is 11.0. The Morgan fingerprint density at radius 3 is 2.93 bits per heavy atom. The molecular weight excluding hydrogens is 203 g/mol. The van der Waals surface area contributed by atoms with Crippen LogP contribution in [0, 0.1) is 12.7 Å². The summed E-state index contributed by atoms with van der Waals surface area (Å²) in [6.45, 7) is 1.60. The summed E-state index contributed by atoms with van der Waals surface area (Å²) in [7, 11) is 0. The third-order valence-electron chi connectivity index (χ3n) is 2.10. The van der Waals surface area contributed by atoms with Crippen LogP contribution in [0.3, 0.4) is 0 Å². The smallest absolute Gasteiger partial charge is 0.337 e. The van der Waals surface area contributed by atoms with Crippen LogP contribution >= 0.6 is 11.3 Å². The van der Waals surface area contributed by atoms with E-state index in [0.717, 1.165) is 0 Å². The van der Waals surface area contributed by atoms with Gasteiger partial charge in [0.05, 0.1) is 10.3 Å². The van der Waals surface area contributed by atoms with Crippen LogP contribution in [0.5, 0.6) is 0 Å². The van der Waals surface area contributed by atoms with Gasteiger partial charge in [-0.3, -0.25) is 0 Å². The maximum Gasteiger partial charge on any atom is 0.337 e. The van der Waals surface area contributed by atoms with Gasteiger partial charge in [0, 0.05) is 5.39 Å². The molecule has 14 heavy (non-hydrogen) atoms. The molecule has 0 amide bonds. The molecule has 1 N–H and O–H groups in total. The molecule has 0 aliphatic rings. The van der Waals surface area contributed by atoms with Gasteiger partial charge in [-0.05, 0) is 30.0 Å². The minimum atomic E-state index is -1.00. The monoisotopic (exact) mass is 210 g/mol. The van der Waals surface area contributed by atoms with Crippen molar-refractivity contribution in [2.24, 2.45) is 0 Å². The highest BCUT2D eigenvalue weighted by molar-refractivity contribution is 7.17. The molecule has 0 fully saturated rings. The first-order valence-corrected chi connectivity index (χ1v) is 4.89. The van der Waals surface area contributed by atoms with E-state index in [1.54, 1.807) is 18.4 Å². The highest BCUT2D eigenvalue weighted by atomic mass is 32.1. The second kappa shape index (κ2) is 3.06. The molecule has 72 valence electrons. The number of carboxylic acid groups (broad SMARTS) is 1. The van der Waals surface area contributed by atoms with Crippen LogP contribution in [-0.2, 0) is 0 Å². The predicted molar refractivity (Wildman–Crippen MR) is 53.5 cm³/mol. The molecule has 1 aromatic heterocycles. The van der Waals surface area contributed by atoms with Gasteiger partial charge in [-0.25, -0.2) is 9.18 Å². The van der Waals surface area contributed by atoms with Crippen LogP contribution < -0.4 is 0 Å². The Kier molecular flexibility index (Phi) is 2.00. The molecule has 0 aliphatic carbocycles. The molecule has 0 spiro atoms. The van der Waals surface area contributed by atoms with Crippen molar-refractivity contribution in [3.05, 3.63) is 34.5 Å². The van der Waals surface area contributed by atoms with Gasteiger partial charge in [-0.1, -0.05) is 0 Å². The van der Waals surface area contributed by atoms with E-state index < -0.39 is 5.97 Å². The third kappa shape index (κ3) is 1.19. The minimum Gasteiger partial charge on any atom is -0.478 e. The number of carbonyl (C=O) groups is 1. The summed E-state index contributed by atoms with van der Waals surface area (Å²) in [6, 6.07) is 2.86. The number of hydrogen-bond donors (Lipinski definition) is 1. The number of hydrogen-bond acceptors (Lipinski definition) is 2. The molecule has 1 aromatic carbocycles. The fraction of sp³-hybridized carbons (Fsp3) is 0.100. The number of rotatable bonds is 1. The van der Waals surface area contributed by atoms with E-state index in [1.165, 1.54) is 17.4 Å². The Morgan fingerprint density at radius 1 is 1.57 bits per heavy atom. The summed E-state index contributed by atoms with van der Waals surface area (Å²) in [5.41, 5.74) is 0.668. The molecule has 0 atom stereocenters. The number of halogens is 1. The summed E-state index contributed by atoms with van der Waals surface area (Å²) < 4.78 is 13.8. The predicted octanol–water partition coefficient (Wildman–Crippen LogP) is 3.05. The molecule has 0 aliphatic heterocycles. The van der Waals surface area contributed by atoms with E-state index >= 15 is 0 Å². The SMILES string of the molecule is Cc1cc(F)c2ccsc2c1C(=O)O. The Hall–Kier alpha value is -1.42. The Balaban J connectivity index is 2.93. The zero-order valence-corrected chi connectivity index (χ0v) is 8.19. The van der Waals surface area contributed by atoms with Crippen molar-refractivity contribution < 1.29 is 14.3 Å². The van der Waals surface area contributed by atoms with Gasteiger partial charge < -0.3 is 5.11 Å². The van der Waals surface area contributed by atoms with E-state index in [0.29, 0.717) is 15.6 Å². The van der Waals surface area contributed by atoms with Crippen molar-refractivity contribution in [1.82, 2.24) is 0 Å². The molecule has 0 saturated carbocycles. The van der Waals surface area contributed by atoms with Gasteiger partial charge in [0.25, 0.3) is 0 Å². The van der Waals surface area contributed by atoms with Crippen LogP contribution in [0.25, 0.3) is 10.1 Å². The van der Waals surface area contributed by atoms with Gasteiger partial charge in [-0.15, -0.1) is 11.3 Å². The van der Waals surface area contributed by atoms with Crippen LogP contribution in [0.4, 0.5) is 4.39 Å². The van der Waals surface area contributed by atoms with E-state index in [1.807, 2.05) is 0 Å². The second-order valence-corrected chi connectivity index (χ2v) is 3.93. The maximum absolute atomic E-state index is 13.3. The van der Waals surface area contributed by atoms with Gasteiger partial charge in [0.1, 0.15) is 5.82 Å². The van der Waals surface area contributed by atoms with Crippen molar-refractivity contribution in [2.75, 3.05) is 0 Å². The summed E-state index contributed by atoms with van der Waals surface area (Å²) in [6.07, 6.45) is 0. The normalized spacial score (nSPS) is 10.7. The number of thiophene rings is 1. The first-order chi connectivity index (χ1) is 6.61. The van der Waals surface area contributed by atoms with Crippen molar-refractivity contribution >= 4 is 27.4 Å². The Morgan fingerprint density at radius 2 is 2.29 bits per heavy atom. The van der Waals surface area contributed by atoms with Crippen molar-refractivity contribution in [1.29, 1.82) is 0 Å². The second-order valence-electron chi connectivity index (χ2n) is 3.02. The summed E-state index contributed by atoms with van der Waals surface area (Å²) in [4.78, 5) is 10.9. The van der Waals surface area contributed by atoms with E-state index in [2.05, 4.69) is 0 Å². The zero-order valence-electron chi connectivity index (χ0n) is 7.37. The molecule has 2 rings (SSSR count). The molecule has 2 nitrogen and oxygen atoms in total. The average molecular weight is 210 g/mol. The number of aryl methyl sites for hydroxylation is 1. The first kappa shape index (κ1) is 9.15. The fourth-order valence-corrected chi connectivity index (χ4v) is 2.47. The zero-order chi connectivity index (χ0) is 10.3. The third-order valence-corrected chi connectivity index (χ3v) is 3.03. The standard InChI is InChI=1S/C10H7FO2S/c1-5-4-7(11)6-2-3-14-9(6)8(5)10(12)13/h2-4H,1H3,(H,12,13). The molecule has 2 aromatic rings. The van der Waals surface area contributed by atoms with Gasteiger partial charge in [-0.2, -0.15) is 0 Å². The minimum absolute atomic E-state index is 0.205. The lowest BCUT2D eigenvalue weighted by atomic mass is 10.1. The maximum atomic E-state index is 13.3. The molecule has 1 heterocycles. The summed E-state index contributed by atoms with van der Waals surface area (Å²) in [5.74, 6) is -1.36. The summed E-state index contributed by atoms with van der Waals surface area (Å²) >= 11 is 1.25. The molecule has 0 unspecified atom stereocenters. The first-order valence-electron chi connectivity index (χ1n) is 4.01. The Bertz CT molecular complexity index is 516. The highest BCUT2D eigenvalue weighted by Crippen LogP contribution is 2.29. The van der Waals surface area contributed by atoms with Gasteiger partial charge >= 0.3 is 5.97 Å². The highest BCUT2D eigenvalue weighted by Gasteiger charge is 2.15. The van der Waals surface area contributed by atoms with E-state index in [4.69, 9.17) is 5.11 Å². The van der Waals surface area contributed by atoms with Crippen molar-refractivity contribution in [3.8, 4) is 0 Å². The number of carboxylic acids is 1. The van der Waals surface area contributed by atoms with Gasteiger partial charge in [0.2, 0.25) is 0 Å². The number of benzene rings is 1. The van der Waals surface area contributed by atoms with E-state index in [-0.39, 0.29) is 11.4 Å². The van der Waals surface area contributed by atoms with E-state index in [9.17, 15) is 9.18 Å². The molecule has 0 saturated heterocycles. The van der Waals surface area contributed by atoms with Gasteiger partial charge in [0.15, 0.2) is 0 Å². The Labute approximate surface area is 83.6 Å². The molecular formula is C10H7FO2S. The quantitative estimate of drug-likeness (QED) is 0.785. The lowest BCUT2D eigenvalue weighted by Crippen LogP contribution is -2.00. The van der Waals surface area contributed by atoms with Crippen LogP contribution in [0.2, 0.25) is 0 Å². The topological polar surface area (TPSA) is 37.3 Å². The fourth-order valence-electron chi connectivity index (χ4n) is 1.48. The van der Waals surface area contributed by atoms with Crippen molar-refractivity contribution in [3.63, 3.8) is 0 Å². The molecule has 4 heteroatoms. The van der Waals surface area contributed by atoms with Crippen LogP contribution in [0.15, 0.2) is 17.5 Å². The largest absolute Gasteiger partial charge is 0.478 e. The molecule has 0 bridgehead atoms. The lowest BCUT2D eigenvalue weighted by Gasteiger charge is -2.02.